The number of ether oxygens (including phenoxy) is 6. The van der Waals surface area contributed by atoms with E-state index in [-0.39, 0.29) is 37.3 Å². The smallest absolute Gasteiger partial charge is 0.325 e. The Morgan fingerprint density at radius 3 is 2.10 bits per heavy atom. The van der Waals surface area contributed by atoms with Crippen molar-refractivity contribution in [3.05, 3.63) is 35.4 Å². The van der Waals surface area contributed by atoms with Gasteiger partial charge in [0.1, 0.15) is 24.3 Å². The number of carbonyl (C=O) groups excluding carboxylic acids is 2. The summed E-state index contributed by atoms with van der Waals surface area (Å²) < 4.78 is 37.2. The van der Waals surface area contributed by atoms with E-state index in [1.165, 1.54) is 11.1 Å². The number of carbonyl (C=O) groups is 2. The van der Waals surface area contributed by atoms with Gasteiger partial charge in [-0.1, -0.05) is 76.3 Å². The summed E-state index contributed by atoms with van der Waals surface area (Å²) in [5.74, 6) is 0.314. The van der Waals surface area contributed by atoms with Gasteiger partial charge in [0, 0.05) is 25.0 Å². The first-order valence-corrected chi connectivity index (χ1v) is 18.9. The first kappa shape index (κ1) is 39.7. The molecule has 10 nitrogen and oxygen atoms in total. The number of benzene rings is 1. The van der Waals surface area contributed by atoms with Crippen LogP contribution in [0.15, 0.2) is 24.3 Å². The van der Waals surface area contributed by atoms with Crippen LogP contribution in [-0.4, -0.2) is 88.1 Å². The van der Waals surface area contributed by atoms with Crippen molar-refractivity contribution in [2.75, 3.05) is 39.6 Å². The van der Waals surface area contributed by atoms with Gasteiger partial charge in [0.25, 0.3) is 0 Å². The van der Waals surface area contributed by atoms with Gasteiger partial charge in [0.05, 0.1) is 38.6 Å². The van der Waals surface area contributed by atoms with Crippen molar-refractivity contribution in [1.29, 1.82) is 0 Å². The van der Waals surface area contributed by atoms with Gasteiger partial charge in [0.15, 0.2) is 0 Å². The molecular weight excluding hydrogens is 624 g/mol. The summed E-state index contributed by atoms with van der Waals surface area (Å²) in [4.78, 5) is 25.7. The molecule has 1 saturated carbocycles. The summed E-state index contributed by atoms with van der Waals surface area (Å²) in [6, 6.07) is 6.95. The summed E-state index contributed by atoms with van der Waals surface area (Å²) >= 11 is 0. The van der Waals surface area contributed by atoms with Crippen molar-refractivity contribution in [2.45, 2.75) is 129 Å². The van der Waals surface area contributed by atoms with E-state index in [1.807, 2.05) is 6.92 Å². The minimum atomic E-state index is -0.829. The molecule has 0 aromatic heterocycles. The van der Waals surface area contributed by atoms with Crippen LogP contribution in [0.3, 0.4) is 0 Å². The third-order valence-electron chi connectivity index (χ3n) is 10.3. The van der Waals surface area contributed by atoms with Crippen molar-refractivity contribution in [3.8, 4) is 0 Å². The van der Waals surface area contributed by atoms with E-state index in [2.05, 4.69) is 52.0 Å². The summed E-state index contributed by atoms with van der Waals surface area (Å²) in [6.07, 6.45) is 7.20. The lowest BCUT2D eigenvalue weighted by Gasteiger charge is -2.35. The first-order valence-electron chi connectivity index (χ1n) is 18.9. The zero-order valence-electron chi connectivity index (χ0n) is 30.7. The molecule has 1 aliphatic carbocycles. The van der Waals surface area contributed by atoms with E-state index in [0.29, 0.717) is 50.6 Å². The molecule has 4 rings (SSSR count). The Labute approximate surface area is 294 Å². The normalized spacial score (nSPS) is 33.5. The van der Waals surface area contributed by atoms with E-state index in [1.54, 1.807) is 0 Å². The van der Waals surface area contributed by atoms with Gasteiger partial charge >= 0.3 is 11.9 Å². The Hall–Kier alpha value is -2.08. The number of rotatable bonds is 14. The fourth-order valence-corrected chi connectivity index (χ4v) is 7.69. The highest BCUT2D eigenvalue weighted by Crippen LogP contribution is 2.41. The van der Waals surface area contributed by atoms with Gasteiger partial charge < -0.3 is 39.9 Å². The number of hydrogen-bond acceptors (Lipinski definition) is 10. The van der Waals surface area contributed by atoms with E-state index in [0.717, 1.165) is 51.4 Å². The fourth-order valence-electron chi connectivity index (χ4n) is 7.69. The van der Waals surface area contributed by atoms with Crippen LogP contribution in [0.1, 0.15) is 90.2 Å². The number of unbranched alkanes of at least 4 members (excludes halogenated alkanes) is 2. The van der Waals surface area contributed by atoms with Gasteiger partial charge in [-0.2, -0.15) is 0 Å². The molecule has 10 heteroatoms. The van der Waals surface area contributed by atoms with Crippen molar-refractivity contribution >= 4 is 11.9 Å². The van der Waals surface area contributed by atoms with Crippen LogP contribution in [0.4, 0.5) is 0 Å². The monoisotopic (exact) mass is 688 g/mol. The minimum Gasteiger partial charge on any atom is -0.459 e. The maximum Gasteiger partial charge on any atom is 0.325 e. The number of aryl methyl sites for hydroxylation is 1. The highest BCUT2D eigenvalue weighted by molar-refractivity contribution is 5.76. The summed E-state index contributed by atoms with van der Waals surface area (Å²) in [7, 11) is 0. The van der Waals surface area contributed by atoms with Crippen LogP contribution in [-0.2, 0) is 44.4 Å². The highest BCUT2D eigenvalue weighted by Gasteiger charge is 2.41. The van der Waals surface area contributed by atoms with Crippen LogP contribution in [0.2, 0.25) is 0 Å². The van der Waals surface area contributed by atoms with E-state index in [4.69, 9.17) is 39.9 Å². The van der Waals surface area contributed by atoms with Crippen molar-refractivity contribution in [2.24, 2.45) is 41.1 Å². The summed E-state index contributed by atoms with van der Waals surface area (Å²) in [5, 5.41) is 0. The average molecular weight is 689 g/mol. The predicted molar refractivity (Wildman–Crippen MR) is 189 cm³/mol. The number of esters is 2. The SMILES string of the molecule is CCCCCOC1C(CC2CCC(CC3OC(=O)C(N)COCC(Cc4ccc(C)cc4)C3OCC(C)C)C2)COCC(N)C(=O)OC1C. The quantitative estimate of drug-likeness (QED) is 0.199. The van der Waals surface area contributed by atoms with Crippen LogP contribution >= 0.6 is 0 Å². The summed E-state index contributed by atoms with van der Waals surface area (Å²) in [5.41, 5.74) is 14.7. The van der Waals surface area contributed by atoms with Gasteiger partial charge in [-0.3, -0.25) is 9.59 Å². The third-order valence-corrected chi connectivity index (χ3v) is 10.3. The number of hydrogen-bond donors (Lipinski definition) is 2. The Bertz CT molecular complexity index is 1130. The molecule has 0 bridgehead atoms. The van der Waals surface area contributed by atoms with Gasteiger partial charge in [-0.05, 0) is 69.3 Å². The second kappa shape index (κ2) is 20.1. The lowest BCUT2D eigenvalue weighted by molar-refractivity contribution is -0.164. The molecule has 49 heavy (non-hydrogen) atoms. The molecule has 4 N–H and O–H groups in total. The Morgan fingerprint density at radius 1 is 0.816 bits per heavy atom. The molecule has 2 aliphatic heterocycles. The Kier molecular flexibility index (Phi) is 16.3. The molecular formula is C39H64N2O8. The second-order valence-electron chi connectivity index (χ2n) is 15.4. The standard InChI is InChI=1S/C39H64N2O8/c1-6-7-8-15-46-36-27(5)48-38(42)33(40)23-44-21-31(36)18-29-13-14-30(16-29)19-35-37(47-20-25(2)3)32(17-28-11-9-26(4)10-12-28)22-45-24-34(41)39(43)49-35/h9-12,25,27,29-37H,6-8,13-24,40-41H2,1-5H3. The molecule has 0 amide bonds. The molecule has 1 aromatic carbocycles. The lowest BCUT2D eigenvalue weighted by atomic mass is 9.85. The molecule has 2 saturated heterocycles. The van der Waals surface area contributed by atoms with Crippen LogP contribution in [0.25, 0.3) is 0 Å². The van der Waals surface area contributed by atoms with Crippen LogP contribution < -0.4 is 11.5 Å². The summed E-state index contributed by atoms with van der Waals surface area (Å²) in [6.45, 7) is 12.8. The Morgan fingerprint density at radius 2 is 1.45 bits per heavy atom. The molecule has 278 valence electrons. The topological polar surface area (TPSA) is 142 Å². The van der Waals surface area contributed by atoms with Crippen molar-refractivity contribution in [3.63, 3.8) is 0 Å². The first-order chi connectivity index (χ1) is 23.5. The molecule has 0 radical (unpaired) electrons. The van der Waals surface area contributed by atoms with Crippen LogP contribution in [0, 0.1) is 36.5 Å². The zero-order valence-corrected chi connectivity index (χ0v) is 30.7. The number of nitrogens with two attached hydrogens (primary N) is 2. The molecule has 2 heterocycles. The fraction of sp³-hybridized carbons (Fsp3) is 0.795. The third kappa shape index (κ3) is 12.6. The van der Waals surface area contributed by atoms with Crippen molar-refractivity contribution in [1.82, 2.24) is 0 Å². The van der Waals surface area contributed by atoms with Gasteiger partial charge in [0.2, 0.25) is 0 Å². The zero-order chi connectivity index (χ0) is 35.3. The molecule has 3 fully saturated rings. The van der Waals surface area contributed by atoms with Crippen LogP contribution in [0.5, 0.6) is 0 Å². The second-order valence-corrected chi connectivity index (χ2v) is 15.4. The Balaban J connectivity index is 1.49. The average Bonchev–Trinajstić information content (AvgIpc) is 3.53. The molecule has 1 aromatic rings. The number of cyclic esters (lactones) is 2. The van der Waals surface area contributed by atoms with Gasteiger partial charge in [-0.15, -0.1) is 0 Å². The van der Waals surface area contributed by atoms with E-state index in [9.17, 15) is 9.59 Å². The maximum absolute atomic E-state index is 13.2. The lowest BCUT2D eigenvalue weighted by Crippen LogP contribution is -2.44. The molecule has 0 spiro atoms. The largest absolute Gasteiger partial charge is 0.459 e. The maximum atomic E-state index is 13.2. The molecule has 10 unspecified atom stereocenters. The van der Waals surface area contributed by atoms with E-state index >= 15 is 0 Å². The van der Waals surface area contributed by atoms with Gasteiger partial charge in [-0.25, -0.2) is 0 Å². The molecule has 3 aliphatic rings. The predicted octanol–water partition coefficient (Wildman–Crippen LogP) is 5.14. The van der Waals surface area contributed by atoms with E-state index < -0.39 is 36.2 Å². The van der Waals surface area contributed by atoms with Crippen molar-refractivity contribution < 1.29 is 38.0 Å². The molecule has 10 atom stereocenters. The highest BCUT2D eigenvalue weighted by atomic mass is 16.6. The minimum absolute atomic E-state index is 0.000974.